The largest absolute Gasteiger partial charge is 0.574 e. The molecular weight excluding hydrogens is 326 g/mol. The van der Waals surface area contributed by atoms with E-state index in [1.807, 2.05) is 0 Å². The predicted molar refractivity (Wildman–Crippen MR) is 52.8 cm³/mol. The summed E-state index contributed by atoms with van der Waals surface area (Å²) in [4.78, 5) is 3.34. The Bertz CT molecular complexity index is 427. The maximum absolute atomic E-state index is 11.9. The van der Waals surface area contributed by atoms with Crippen molar-refractivity contribution in [3.05, 3.63) is 15.3 Å². The standard InChI is InChI=1S/C7H3F3IN3O/c8-7(9,10)15-6-4(11)5(13)3(1-12)2-14-6/h2H,(H2,13,14). The van der Waals surface area contributed by atoms with E-state index in [1.54, 1.807) is 6.07 Å². The molecular formula is C7H3F3IN3O. The Balaban J connectivity index is 3.14. The van der Waals surface area contributed by atoms with Crippen LogP contribution in [-0.2, 0) is 0 Å². The first-order valence-electron chi connectivity index (χ1n) is 3.45. The van der Waals surface area contributed by atoms with Crippen LogP contribution in [0.4, 0.5) is 18.9 Å². The van der Waals surface area contributed by atoms with Crippen LogP contribution in [0.15, 0.2) is 6.20 Å². The fourth-order valence-electron chi connectivity index (χ4n) is 0.753. The first-order chi connectivity index (χ1) is 6.85. The first-order valence-corrected chi connectivity index (χ1v) is 4.53. The van der Waals surface area contributed by atoms with E-state index < -0.39 is 12.2 Å². The average Bonchev–Trinajstić information content (AvgIpc) is 2.11. The molecule has 8 heteroatoms. The van der Waals surface area contributed by atoms with E-state index >= 15 is 0 Å². The molecule has 0 unspecified atom stereocenters. The van der Waals surface area contributed by atoms with Crippen molar-refractivity contribution in [3.63, 3.8) is 0 Å². The molecule has 0 aliphatic heterocycles. The number of pyridine rings is 1. The summed E-state index contributed by atoms with van der Waals surface area (Å²) in [6, 6.07) is 1.70. The maximum Gasteiger partial charge on any atom is 0.574 e. The average molecular weight is 329 g/mol. The lowest BCUT2D eigenvalue weighted by Crippen LogP contribution is -2.19. The van der Waals surface area contributed by atoms with Crippen molar-refractivity contribution >= 4 is 28.3 Å². The van der Waals surface area contributed by atoms with Gasteiger partial charge in [-0.15, -0.1) is 13.2 Å². The third kappa shape index (κ3) is 2.85. The highest BCUT2D eigenvalue weighted by Crippen LogP contribution is 2.30. The van der Waals surface area contributed by atoms with Crippen LogP contribution in [-0.4, -0.2) is 11.3 Å². The van der Waals surface area contributed by atoms with Crippen molar-refractivity contribution in [2.45, 2.75) is 6.36 Å². The quantitative estimate of drug-likeness (QED) is 0.801. The molecule has 0 bridgehead atoms. The van der Waals surface area contributed by atoms with E-state index in [9.17, 15) is 13.2 Å². The molecule has 0 atom stereocenters. The zero-order chi connectivity index (χ0) is 11.6. The minimum atomic E-state index is -4.83. The van der Waals surface area contributed by atoms with Gasteiger partial charge in [-0.05, 0) is 22.6 Å². The van der Waals surface area contributed by atoms with Crippen LogP contribution >= 0.6 is 22.6 Å². The van der Waals surface area contributed by atoms with Gasteiger partial charge in [-0.2, -0.15) is 5.26 Å². The second-order valence-corrected chi connectivity index (χ2v) is 3.44. The first kappa shape index (κ1) is 11.8. The summed E-state index contributed by atoms with van der Waals surface area (Å²) in [5.74, 6) is -0.653. The number of anilines is 1. The lowest BCUT2D eigenvalue weighted by atomic mass is 10.2. The number of alkyl halides is 3. The van der Waals surface area contributed by atoms with E-state index in [2.05, 4.69) is 9.72 Å². The normalized spacial score (nSPS) is 10.9. The van der Waals surface area contributed by atoms with Gasteiger partial charge in [0, 0.05) is 0 Å². The molecule has 0 saturated carbocycles. The van der Waals surface area contributed by atoms with E-state index in [4.69, 9.17) is 11.0 Å². The Morgan fingerprint density at radius 3 is 2.60 bits per heavy atom. The minimum absolute atomic E-state index is 0.00826. The van der Waals surface area contributed by atoms with Crippen molar-refractivity contribution in [1.29, 1.82) is 5.26 Å². The third-order valence-corrected chi connectivity index (χ3v) is 2.40. The minimum Gasteiger partial charge on any atom is -0.397 e. The van der Waals surface area contributed by atoms with Gasteiger partial charge in [-0.3, -0.25) is 0 Å². The monoisotopic (exact) mass is 329 g/mol. The summed E-state index contributed by atoms with van der Waals surface area (Å²) in [5.41, 5.74) is 5.33. The van der Waals surface area contributed by atoms with Crippen LogP contribution in [0.5, 0.6) is 5.88 Å². The van der Waals surface area contributed by atoms with Gasteiger partial charge in [0.2, 0.25) is 5.88 Å². The highest BCUT2D eigenvalue weighted by atomic mass is 127. The van der Waals surface area contributed by atoms with Gasteiger partial charge in [0.1, 0.15) is 6.07 Å². The number of halogens is 4. The van der Waals surface area contributed by atoms with Gasteiger partial charge in [0.25, 0.3) is 0 Å². The van der Waals surface area contributed by atoms with Crippen LogP contribution in [0, 0.1) is 14.9 Å². The number of nitrogens with two attached hydrogens (primary N) is 1. The SMILES string of the molecule is N#Cc1cnc(OC(F)(F)F)c(I)c1N. The highest BCUT2D eigenvalue weighted by Gasteiger charge is 2.33. The summed E-state index contributed by atoms with van der Waals surface area (Å²) in [6.45, 7) is 0. The van der Waals surface area contributed by atoms with Crippen LogP contribution in [0.25, 0.3) is 0 Å². The molecule has 2 N–H and O–H groups in total. The van der Waals surface area contributed by atoms with E-state index in [-0.39, 0.29) is 14.8 Å². The van der Waals surface area contributed by atoms with E-state index in [1.165, 1.54) is 22.6 Å². The van der Waals surface area contributed by atoms with E-state index in [0.717, 1.165) is 6.20 Å². The molecule has 1 heterocycles. The molecule has 0 radical (unpaired) electrons. The lowest BCUT2D eigenvalue weighted by Gasteiger charge is -2.10. The number of aromatic nitrogens is 1. The molecule has 15 heavy (non-hydrogen) atoms. The number of rotatable bonds is 1. The fourth-order valence-corrected chi connectivity index (χ4v) is 1.29. The summed E-state index contributed by atoms with van der Waals surface area (Å²) >= 11 is 1.53. The molecule has 1 aromatic rings. The molecule has 0 spiro atoms. The second kappa shape index (κ2) is 4.09. The van der Waals surface area contributed by atoms with Crippen LogP contribution < -0.4 is 10.5 Å². The second-order valence-electron chi connectivity index (χ2n) is 2.36. The molecule has 4 nitrogen and oxygen atoms in total. The zero-order valence-corrected chi connectivity index (χ0v) is 9.13. The van der Waals surface area contributed by atoms with E-state index in [0.29, 0.717) is 0 Å². The lowest BCUT2D eigenvalue weighted by molar-refractivity contribution is -0.276. The van der Waals surface area contributed by atoms with Crippen molar-refractivity contribution < 1.29 is 17.9 Å². The highest BCUT2D eigenvalue weighted by molar-refractivity contribution is 14.1. The predicted octanol–water partition coefficient (Wildman–Crippen LogP) is 2.04. The number of hydrogen-bond donors (Lipinski definition) is 1. The Kier molecular flexibility index (Phi) is 3.23. The van der Waals surface area contributed by atoms with Crippen molar-refractivity contribution in [2.75, 3.05) is 5.73 Å². The van der Waals surface area contributed by atoms with Gasteiger partial charge in [-0.1, -0.05) is 0 Å². The smallest absolute Gasteiger partial charge is 0.397 e. The number of ether oxygens (including phenoxy) is 1. The van der Waals surface area contributed by atoms with Crippen molar-refractivity contribution in [1.82, 2.24) is 4.98 Å². The van der Waals surface area contributed by atoms with Crippen LogP contribution in [0.1, 0.15) is 5.56 Å². The van der Waals surface area contributed by atoms with Gasteiger partial charge < -0.3 is 10.5 Å². The molecule has 0 aliphatic carbocycles. The zero-order valence-electron chi connectivity index (χ0n) is 6.97. The Hall–Kier alpha value is -1.24. The van der Waals surface area contributed by atoms with Gasteiger partial charge in [0.15, 0.2) is 0 Å². The number of nitriles is 1. The van der Waals surface area contributed by atoms with Gasteiger partial charge in [0.05, 0.1) is 21.0 Å². The molecule has 1 aromatic heterocycles. The molecule has 80 valence electrons. The number of nitrogen functional groups attached to an aromatic ring is 1. The molecule has 0 saturated heterocycles. The van der Waals surface area contributed by atoms with Crippen molar-refractivity contribution in [3.8, 4) is 11.9 Å². The maximum atomic E-state index is 11.9. The molecule has 1 rings (SSSR count). The topological polar surface area (TPSA) is 71.9 Å². The molecule has 0 aliphatic rings. The summed E-state index contributed by atoms with van der Waals surface area (Å²) in [7, 11) is 0. The summed E-state index contributed by atoms with van der Waals surface area (Å²) < 4.78 is 39.2. The Morgan fingerprint density at radius 2 is 2.13 bits per heavy atom. The molecule has 0 amide bonds. The van der Waals surface area contributed by atoms with Gasteiger partial charge >= 0.3 is 6.36 Å². The fraction of sp³-hybridized carbons (Fsp3) is 0.143. The van der Waals surface area contributed by atoms with Crippen LogP contribution in [0.3, 0.4) is 0 Å². The molecule has 0 fully saturated rings. The number of hydrogen-bond acceptors (Lipinski definition) is 4. The summed E-state index contributed by atoms with van der Waals surface area (Å²) in [6.07, 6.45) is -3.90. The third-order valence-electron chi connectivity index (χ3n) is 1.36. The Labute approximate surface area is 96.0 Å². The van der Waals surface area contributed by atoms with Crippen LogP contribution in [0.2, 0.25) is 0 Å². The Morgan fingerprint density at radius 1 is 1.53 bits per heavy atom. The van der Waals surface area contributed by atoms with Gasteiger partial charge in [-0.25, -0.2) is 4.98 Å². The molecule has 0 aromatic carbocycles. The summed E-state index contributed by atoms with van der Waals surface area (Å²) in [5, 5.41) is 8.53. The number of nitrogens with zero attached hydrogens (tertiary/aromatic N) is 2. The van der Waals surface area contributed by atoms with Crippen molar-refractivity contribution in [2.24, 2.45) is 0 Å².